The maximum Gasteiger partial charge on any atom is 0.328 e. The number of nitrogens with two attached hydrogens (primary N) is 1. The monoisotopic (exact) mass is 542 g/mol. The number of hydrogen-bond donors (Lipinski definition) is 2. The van der Waals surface area contributed by atoms with Crippen LogP contribution >= 0.6 is 34.7 Å². The third-order valence-electron chi connectivity index (χ3n) is 6.14. The zero-order valence-electron chi connectivity index (χ0n) is 18.8. The highest BCUT2D eigenvalue weighted by Crippen LogP contribution is 2.53. The van der Waals surface area contributed by atoms with Gasteiger partial charge in [-0.2, -0.15) is 4.90 Å². The van der Waals surface area contributed by atoms with Crippen LogP contribution in [0.4, 0.5) is 10.5 Å². The predicted octanol–water partition coefficient (Wildman–Crippen LogP) is 3.18. The molecule has 1 fully saturated rings. The molecule has 3 N–H and O–H groups in total. The van der Waals surface area contributed by atoms with E-state index in [9.17, 15) is 24.0 Å². The van der Waals surface area contributed by atoms with Gasteiger partial charge in [-0.1, -0.05) is 64.5 Å². The van der Waals surface area contributed by atoms with E-state index in [1.54, 1.807) is 36.4 Å². The van der Waals surface area contributed by atoms with Crippen molar-refractivity contribution < 1.29 is 19.2 Å². The fourth-order valence-electron chi connectivity index (χ4n) is 4.48. The minimum absolute atomic E-state index is 0.280. The Bertz CT molecular complexity index is 1470. The minimum Gasteiger partial charge on any atom is -0.351 e. The van der Waals surface area contributed by atoms with Crippen LogP contribution in [-0.4, -0.2) is 38.5 Å². The molecule has 0 aliphatic carbocycles. The largest absolute Gasteiger partial charge is 0.351 e. The fourth-order valence-corrected chi connectivity index (χ4v) is 7.38. The number of rotatable bonds is 4. The van der Waals surface area contributed by atoms with Crippen molar-refractivity contribution in [3.05, 3.63) is 79.2 Å². The number of amides is 5. The lowest BCUT2D eigenvalue weighted by molar-refractivity contribution is -0.135. The molecule has 3 aromatic rings. The molecule has 2 aliphatic rings. The van der Waals surface area contributed by atoms with Crippen molar-refractivity contribution in [1.29, 1.82) is 0 Å². The Morgan fingerprint density at radius 1 is 1.03 bits per heavy atom. The van der Waals surface area contributed by atoms with Crippen LogP contribution in [0.3, 0.4) is 0 Å². The molecule has 0 radical (unpaired) electrons. The van der Waals surface area contributed by atoms with Gasteiger partial charge in [0.2, 0.25) is 11.8 Å². The van der Waals surface area contributed by atoms with Crippen LogP contribution in [-0.2, 0) is 20.9 Å². The molecule has 2 aliphatic heterocycles. The lowest BCUT2D eigenvalue weighted by atomic mass is 9.83. The summed E-state index contributed by atoms with van der Waals surface area (Å²) in [5.74, 6) is -3.48. The van der Waals surface area contributed by atoms with Crippen molar-refractivity contribution in [3.63, 3.8) is 0 Å². The van der Waals surface area contributed by atoms with Gasteiger partial charge in [0.05, 0.1) is 10.9 Å². The number of carbonyl (C=O) groups excluding carboxylic acids is 4. The van der Waals surface area contributed by atoms with E-state index in [1.807, 2.05) is 19.1 Å². The number of carbonyl (C=O) groups is 4. The quantitative estimate of drug-likeness (QED) is 0.487. The van der Waals surface area contributed by atoms with Gasteiger partial charge in [0.25, 0.3) is 5.91 Å². The zero-order chi connectivity index (χ0) is 25.7. The summed E-state index contributed by atoms with van der Waals surface area (Å²) in [4.78, 5) is 64.6. The van der Waals surface area contributed by atoms with Gasteiger partial charge in [0, 0.05) is 21.5 Å². The molecule has 9 nitrogen and oxygen atoms in total. The second-order valence-electron chi connectivity index (χ2n) is 8.48. The third-order valence-corrected chi connectivity index (χ3v) is 8.99. The number of hydrogen-bond acceptors (Lipinski definition) is 7. The number of thiazole rings is 1. The zero-order valence-corrected chi connectivity index (χ0v) is 21.2. The molecule has 0 spiro atoms. The molecule has 3 atom stereocenters. The van der Waals surface area contributed by atoms with Gasteiger partial charge in [0.1, 0.15) is 11.8 Å². The number of imide groups is 3. The van der Waals surface area contributed by atoms with Crippen LogP contribution in [0, 0.1) is 12.8 Å². The van der Waals surface area contributed by atoms with Crippen LogP contribution < -0.4 is 15.9 Å². The molecule has 5 amide bonds. The SMILES string of the molecule is Cc1ccc(NC(=O)Cn2c3c(sc2=O)[C@@H](c2ccc(Cl)cc2)[C@H]2C(=O)N(C(N)=O)C(=O)[C@H]2S3)cc1. The molecule has 2 aromatic carbocycles. The second-order valence-corrected chi connectivity index (χ2v) is 11.0. The van der Waals surface area contributed by atoms with E-state index in [0.29, 0.717) is 31.1 Å². The van der Waals surface area contributed by atoms with Gasteiger partial charge in [-0.25, -0.2) is 4.79 Å². The van der Waals surface area contributed by atoms with Crippen molar-refractivity contribution in [2.24, 2.45) is 11.7 Å². The molecule has 1 saturated heterocycles. The summed E-state index contributed by atoms with van der Waals surface area (Å²) in [6, 6.07) is 12.8. The van der Waals surface area contributed by atoms with E-state index in [1.165, 1.54) is 4.57 Å². The Morgan fingerprint density at radius 2 is 1.69 bits per heavy atom. The van der Waals surface area contributed by atoms with Crippen LogP contribution in [0.5, 0.6) is 0 Å². The van der Waals surface area contributed by atoms with Gasteiger partial charge in [0.15, 0.2) is 0 Å². The first-order valence-electron chi connectivity index (χ1n) is 10.8. The van der Waals surface area contributed by atoms with E-state index >= 15 is 0 Å². The Kier molecular flexibility index (Phi) is 6.23. The average Bonchev–Trinajstić information content (AvgIpc) is 3.27. The number of anilines is 1. The average molecular weight is 543 g/mol. The number of primary amides is 1. The van der Waals surface area contributed by atoms with Crippen LogP contribution in [0.1, 0.15) is 21.9 Å². The van der Waals surface area contributed by atoms with Crippen LogP contribution in [0.15, 0.2) is 58.4 Å². The number of aryl methyl sites for hydroxylation is 1. The maximum atomic E-state index is 13.2. The number of halogens is 1. The summed E-state index contributed by atoms with van der Waals surface area (Å²) in [6.07, 6.45) is 0. The number of benzene rings is 2. The number of fused-ring (bicyclic) bond motifs is 2. The summed E-state index contributed by atoms with van der Waals surface area (Å²) in [7, 11) is 0. The highest BCUT2D eigenvalue weighted by Gasteiger charge is 2.57. The lowest BCUT2D eigenvalue weighted by Gasteiger charge is -2.30. The summed E-state index contributed by atoms with van der Waals surface area (Å²) in [5, 5.41) is 2.69. The van der Waals surface area contributed by atoms with Gasteiger partial charge in [-0.05, 0) is 36.8 Å². The first-order valence-corrected chi connectivity index (χ1v) is 12.9. The van der Waals surface area contributed by atoms with Crippen molar-refractivity contribution in [2.75, 3.05) is 5.32 Å². The number of thioether (sulfide) groups is 1. The number of nitrogens with zero attached hydrogens (tertiary/aromatic N) is 2. The van der Waals surface area contributed by atoms with Crippen molar-refractivity contribution in [3.8, 4) is 0 Å². The molecule has 0 saturated carbocycles. The van der Waals surface area contributed by atoms with Crippen molar-refractivity contribution in [2.45, 2.75) is 29.7 Å². The van der Waals surface area contributed by atoms with Gasteiger partial charge >= 0.3 is 10.9 Å². The van der Waals surface area contributed by atoms with E-state index in [0.717, 1.165) is 28.7 Å². The minimum atomic E-state index is -1.15. The number of likely N-dealkylation sites (tertiary alicyclic amines) is 1. The number of urea groups is 1. The molecule has 184 valence electrons. The second kappa shape index (κ2) is 9.23. The summed E-state index contributed by atoms with van der Waals surface area (Å²) in [6.45, 7) is 1.65. The lowest BCUT2D eigenvalue weighted by Crippen LogP contribution is -2.41. The van der Waals surface area contributed by atoms with Crippen LogP contribution in [0.25, 0.3) is 0 Å². The Labute approximate surface area is 218 Å². The smallest absolute Gasteiger partial charge is 0.328 e. The van der Waals surface area contributed by atoms with E-state index in [4.69, 9.17) is 17.3 Å². The van der Waals surface area contributed by atoms with Crippen molar-refractivity contribution in [1.82, 2.24) is 9.47 Å². The molecular weight excluding hydrogens is 524 g/mol. The fraction of sp³-hybridized carbons (Fsp3) is 0.208. The summed E-state index contributed by atoms with van der Waals surface area (Å²) < 4.78 is 1.30. The third kappa shape index (κ3) is 4.12. The number of nitrogens with one attached hydrogen (secondary N) is 1. The first kappa shape index (κ1) is 24.3. The van der Waals surface area contributed by atoms with E-state index in [2.05, 4.69) is 5.32 Å². The Balaban J connectivity index is 1.55. The highest BCUT2D eigenvalue weighted by molar-refractivity contribution is 8.00. The summed E-state index contributed by atoms with van der Waals surface area (Å²) >= 11 is 7.97. The topological polar surface area (TPSA) is 132 Å². The molecule has 1 aromatic heterocycles. The van der Waals surface area contributed by atoms with E-state index < -0.39 is 45.7 Å². The predicted molar refractivity (Wildman–Crippen MR) is 136 cm³/mol. The van der Waals surface area contributed by atoms with Gasteiger partial charge < -0.3 is 11.1 Å². The molecule has 12 heteroatoms. The molecule has 5 rings (SSSR count). The van der Waals surface area contributed by atoms with Gasteiger partial charge in [-0.15, -0.1) is 0 Å². The molecule has 36 heavy (non-hydrogen) atoms. The normalized spacial score (nSPS) is 20.7. The molecule has 0 unspecified atom stereocenters. The standard InChI is InChI=1S/C24H19ClN4O5S2/c1-11-2-8-14(9-3-11)27-15(30)10-28-22-19(36-24(28)34)16(12-4-6-13(25)7-5-12)17-18(35-22)21(32)29(20(17)31)23(26)33/h2-9,16-18H,10H2,1H3,(H2,26,33)(H,27,30)/t16-,17+,18-/m0/s1. The Morgan fingerprint density at radius 3 is 2.33 bits per heavy atom. The summed E-state index contributed by atoms with van der Waals surface area (Å²) in [5.41, 5.74) is 7.61. The van der Waals surface area contributed by atoms with Crippen LogP contribution in [0.2, 0.25) is 5.02 Å². The van der Waals surface area contributed by atoms with Gasteiger partial charge in [-0.3, -0.25) is 23.7 Å². The van der Waals surface area contributed by atoms with Crippen molar-refractivity contribution >= 4 is 64.1 Å². The Hall–Kier alpha value is -3.41. The molecule has 3 heterocycles. The maximum absolute atomic E-state index is 13.2. The molecular formula is C24H19ClN4O5S2. The first-order chi connectivity index (χ1) is 17.2. The molecule has 0 bridgehead atoms. The number of aromatic nitrogens is 1. The highest BCUT2D eigenvalue weighted by atomic mass is 35.5. The van der Waals surface area contributed by atoms with E-state index in [-0.39, 0.29) is 6.54 Å².